The standard InChI is InChI=1S/C14H18N4O/c1-16-5-7-18(8-6-16)14(19)11-3-4-13-12(9-11)15-10-17(13)2/h3-4,9-10H,5-8H2,1-2H3. The van der Waals surface area contributed by atoms with Gasteiger partial charge in [-0.25, -0.2) is 4.98 Å². The van der Waals surface area contributed by atoms with E-state index < -0.39 is 0 Å². The number of amides is 1. The van der Waals surface area contributed by atoms with Crippen LogP contribution >= 0.6 is 0 Å². The van der Waals surface area contributed by atoms with E-state index in [2.05, 4.69) is 16.9 Å². The van der Waals surface area contributed by atoms with Crippen molar-refractivity contribution in [1.29, 1.82) is 0 Å². The fraction of sp³-hybridized carbons (Fsp3) is 0.429. The summed E-state index contributed by atoms with van der Waals surface area (Å²) in [6.45, 7) is 3.49. The number of carbonyl (C=O) groups excluding carboxylic acids is 1. The first kappa shape index (κ1) is 12.2. The van der Waals surface area contributed by atoms with Gasteiger partial charge in [-0.05, 0) is 25.2 Å². The summed E-state index contributed by atoms with van der Waals surface area (Å²) >= 11 is 0. The molecule has 0 spiro atoms. The predicted molar refractivity (Wildman–Crippen MR) is 74.1 cm³/mol. The molecule has 5 heteroatoms. The molecular weight excluding hydrogens is 240 g/mol. The van der Waals surface area contributed by atoms with Crippen LogP contribution in [0.5, 0.6) is 0 Å². The monoisotopic (exact) mass is 258 g/mol. The van der Waals surface area contributed by atoms with Gasteiger partial charge in [0.05, 0.1) is 17.4 Å². The van der Waals surface area contributed by atoms with Crippen LogP contribution < -0.4 is 0 Å². The van der Waals surface area contributed by atoms with Crippen LogP contribution in [0.15, 0.2) is 24.5 Å². The first-order valence-corrected chi connectivity index (χ1v) is 6.54. The molecule has 0 saturated carbocycles. The Morgan fingerprint density at radius 1 is 1.16 bits per heavy atom. The Labute approximate surface area is 112 Å². The minimum absolute atomic E-state index is 0.112. The van der Waals surface area contributed by atoms with Crippen LogP contribution in [0.4, 0.5) is 0 Å². The number of nitrogens with zero attached hydrogens (tertiary/aromatic N) is 4. The number of benzene rings is 1. The number of hydrogen-bond donors (Lipinski definition) is 0. The number of piperazine rings is 1. The molecular formula is C14H18N4O. The highest BCUT2D eigenvalue weighted by atomic mass is 16.2. The number of fused-ring (bicyclic) bond motifs is 1. The summed E-state index contributed by atoms with van der Waals surface area (Å²) in [4.78, 5) is 20.9. The zero-order valence-corrected chi connectivity index (χ0v) is 11.3. The quantitative estimate of drug-likeness (QED) is 0.765. The molecule has 1 aliphatic heterocycles. The first-order valence-electron chi connectivity index (χ1n) is 6.54. The smallest absolute Gasteiger partial charge is 0.254 e. The predicted octanol–water partition coefficient (Wildman–Crippen LogP) is 0.961. The van der Waals surface area contributed by atoms with Crippen LogP contribution in [0.25, 0.3) is 11.0 Å². The molecule has 2 aromatic rings. The Morgan fingerprint density at radius 3 is 2.63 bits per heavy atom. The SMILES string of the molecule is CN1CCN(C(=O)c2ccc3c(c2)ncn3C)CC1. The minimum Gasteiger partial charge on any atom is -0.336 e. The summed E-state index contributed by atoms with van der Waals surface area (Å²) in [5.74, 6) is 0.112. The van der Waals surface area contributed by atoms with Gasteiger partial charge in [-0.1, -0.05) is 0 Å². The van der Waals surface area contributed by atoms with Crippen molar-refractivity contribution in [1.82, 2.24) is 19.4 Å². The number of carbonyl (C=O) groups is 1. The summed E-state index contributed by atoms with van der Waals surface area (Å²) in [5.41, 5.74) is 2.66. The lowest BCUT2D eigenvalue weighted by atomic mass is 10.1. The van der Waals surface area contributed by atoms with E-state index in [1.54, 1.807) is 6.33 Å². The van der Waals surface area contributed by atoms with Crippen molar-refractivity contribution < 1.29 is 4.79 Å². The van der Waals surface area contributed by atoms with E-state index in [-0.39, 0.29) is 5.91 Å². The highest BCUT2D eigenvalue weighted by molar-refractivity contribution is 5.97. The topological polar surface area (TPSA) is 41.4 Å². The maximum Gasteiger partial charge on any atom is 0.254 e. The second-order valence-electron chi connectivity index (χ2n) is 5.15. The van der Waals surface area contributed by atoms with Crippen LogP contribution in [0.2, 0.25) is 0 Å². The molecule has 1 aromatic carbocycles. The molecule has 5 nitrogen and oxygen atoms in total. The molecule has 1 aromatic heterocycles. The molecule has 100 valence electrons. The number of likely N-dealkylation sites (N-methyl/N-ethyl adjacent to an activating group) is 1. The average Bonchev–Trinajstić information content (AvgIpc) is 2.80. The average molecular weight is 258 g/mol. The van der Waals surface area contributed by atoms with E-state index in [9.17, 15) is 4.79 Å². The lowest BCUT2D eigenvalue weighted by Gasteiger charge is -2.32. The zero-order chi connectivity index (χ0) is 13.4. The highest BCUT2D eigenvalue weighted by Crippen LogP contribution is 2.16. The molecule has 0 N–H and O–H groups in total. The highest BCUT2D eigenvalue weighted by Gasteiger charge is 2.20. The van der Waals surface area contributed by atoms with E-state index in [0.717, 1.165) is 42.8 Å². The number of imidazole rings is 1. The van der Waals surface area contributed by atoms with Crippen LogP contribution in [0.1, 0.15) is 10.4 Å². The molecule has 0 aliphatic carbocycles. The molecule has 0 radical (unpaired) electrons. The van der Waals surface area contributed by atoms with Gasteiger partial charge < -0.3 is 14.4 Å². The minimum atomic E-state index is 0.112. The van der Waals surface area contributed by atoms with Gasteiger partial charge in [-0.2, -0.15) is 0 Å². The lowest BCUT2D eigenvalue weighted by molar-refractivity contribution is 0.0664. The Bertz CT molecular complexity index is 611. The maximum absolute atomic E-state index is 12.4. The van der Waals surface area contributed by atoms with Crippen molar-refractivity contribution >= 4 is 16.9 Å². The Balaban J connectivity index is 1.85. The zero-order valence-electron chi connectivity index (χ0n) is 11.3. The van der Waals surface area contributed by atoms with Gasteiger partial charge in [-0.15, -0.1) is 0 Å². The first-order chi connectivity index (χ1) is 9.15. The summed E-state index contributed by atoms with van der Waals surface area (Å²) in [6.07, 6.45) is 1.77. The van der Waals surface area contributed by atoms with Crippen molar-refractivity contribution in [3.8, 4) is 0 Å². The van der Waals surface area contributed by atoms with Gasteiger partial charge in [0, 0.05) is 38.8 Å². The Hall–Kier alpha value is -1.88. The number of aromatic nitrogens is 2. The summed E-state index contributed by atoms with van der Waals surface area (Å²) in [7, 11) is 4.04. The molecule has 1 saturated heterocycles. The number of rotatable bonds is 1. The van der Waals surface area contributed by atoms with Crippen molar-refractivity contribution in [3.05, 3.63) is 30.1 Å². The van der Waals surface area contributed by atoms with E-state index in [1.807, 2.05) is 34.7 Å². The fourth-order valence-electron chi connectivity index (χ4n) is 2.46. The lowest BCUT2D eigenvalue weighted by Crippen LogP contribution is -2.47. The van der Waals surface area contributed by atoms with Gasteiger partial charge in [0.2, 0.25) is 0 Å². The van der Waals surface area contributed by atoms with E-state index in [4.69, 9.17) is 0 Å². The third-order valence-electron chi connectivity index (χ3n) is 3.76. The molecule has 1 fully saturated rings. The van der Waals surface area contributed by atoms with Crippen molar-refractivity contribution in [2.75, 3.05) is 33.2 Å². The number of hydrogen-bond acceptors (Lipinski definition) is 3. The molecule has 1 amide bonds. The van der Waals surface area contributed by atoms with Gasteiger partial charge in [0.15, 0.2) is 0 Å². The third-order valence-corrected chi connectivity index (χ3v) is 3.76. The molecule has 1 aliphatic rings. The van der Waals surface area contributed by atoms with Gasteiger partial charge in [-0.3, -0.25) is 4.79 Å². The van der Waals surface area contributed by atoms with Crippen LogP contribution in [-0.2, 0) is 7.05 Å². The molecule has 19 heavy (non-hydrogen) atoms. The van der Waals surface area contributed by atoms with Crippen molar-refractivity contribution in [3.63, 3.8) is 0 Å². The molecule has 0 unspecified atom stereocenters. The third kappa shape index (κ3) is 2.21. The molecule has 2 heterocycles. The van der Waals surface area contributed by atoms with Gasteiger partial charge in [0.1, 0.15) is 0 Å². The Morgan fingerprint density at radius 2 is 1.89 bits per heavy atom. The molecule has 0 atom stereocenters. The van der Waals surface area contributed by atoms with Crippen LogP contribution in [-0.4, -0.2) is 58.5 Å². The normalized spacial score (nSPS) is 17.1. The van der Waals surface area contributed by atoms with E-state index >= 15 is 0 Å². The largest absolute Gasteiger partial charge is 0.336 e. The summed E-state index contributed by atoms with van der Waals surface area (Å²) in [5, 5.41) is 0. The maximum atomic E-state index is 12.4. The van der Waals surface area contributed by atoms with Crippen LogP contribution in [0, 0.1) is 0 Å². The van der Waals surface area contributed by atoms with Crippen molar-refractivity contribution in [2.45, 2.75) is 0 Å². The summed E-state index contributed by atoms with van der Waals surface area (Å²) < 4.78 is 1.96. The molecule has 3 rings (SSSR count). The fourth-order valence-corrected chi connectivity index (χ4v) is 2.46. The van der Waals surface area contributed by atoms with Gasteiger partial charge in [0.25, 0.3) is 5.91 Å². The van der Waals surface area contributed by atoms with E-state index in [1.165, 1.54) is 0 Å². The Kier molecular flexibility index (Phi) is 2.98. The van der Waals surface area contributed by atoms with E-state index in [0.29, 0.717) is 0 Å². The number of aryl methyl sites for hydroxylation is 1. The summed E-state index contributed by atoms with van der Waals surface area (Å²) in [6, 6.07) is 5.74. The van der Waals surface area contributed by atoms with Crippen molar-refractivity contribution in [2.24, 2.45) is 7.05 Å². The van der Waals surface area contributed by atoms with Crippen LogP contribution in [0.3, 0.4) is 0 Å². The second kappa shape index (κ2) is 4.66. The van der Waals surface area contributed by atoms with Gasteiger partial charge >= 0.3 is 0 Å². The molecule has 0 bridgehead atoms. The second-order valence-corrected chi connectivity index (χ2v) is 5.15.